The second-order valence-electron chi connectivity index (χ2n) is 6.23. The molecule has 0 aliphatic carbocycles. The summed E-state index contributed by atoms with van der Waals surface area (Å²) in [5, 5.41) is 2.99. The van der Waals surface area contributed by atoms with Crippen LogP contribution in [0.2, 0.25) is 0 Å². The Balaban J connectivity index is 1.46. The molecule has 27 heavy (non-hydrogen) atoms. The van der Waals surface area contributed by atoms with Crippen LogP contribution in [0.1, 0.15) is 0 Å². The molecule has 1 aliphatic rings. The lowest BCUT2D eigenvalue weighted by Gasteiger charge is -2.33. The number of rotatable bonds is 4. The van der Waals surface area contributed by atoms with Crippen LogP contribution in [-0.2, 0) is 10.0 Å². The molecule has 1 saturated heterocycles. The normalized spacial score (nSPS) is 15.8. The van der Waals surface area contributed by atoms with Crippen molar-refractivity contribution in [2.75, 3.05) is 31.1 Å². The number of aromatic nitrogens is 1. The fraction of sp³-hybridized carbons (Fsp3) is 0.211. The summed E-state index contributed by atoms with van der Waals surface area (Å²) in [5.74, 6) is 0. The first-order valence-electron chi connectivity index (χ1n) is 8.56. The summed E-state index contributed by atoms with van der Waals surface area (Å²) in [5.41, 5.74) is 2.05. The van der Waals surface area contributed by atoms with Crippen molar-refractivity contribution in [2.24, 2.45) is 0 Å². The molecule has 2 aromatic carbocycles. The van der Waals surface area contributed by atoms with Gasteiger partial charge in [-0.3, -0.25) is 0 Å². The van der Waals surface area contributed by atoms with Crippen molar-refractivity contribution in [3.05, 3.63) is 64.5 Å². The molecule has 0 radical (unpaired) electrons. The number of hydrogen-bond donors (Lipinski definition) is 0. The van der Waals surface area contributed by atoms with Crippen LogP contribution in [-0.4, -0.2) is 43.9 Å². The van der Waals surface area contributed by atoms with Crippen molar-refractivity contribution in [3.8, 4) is 11.3 Å². The third kappa shape index (κ3) is 3.94. The number of sulfonamides is 1. The maximum atomic E-state index is 12.8. The van der Waals surface area contributed by atoms with E-state index >= 15 is 0 Å². The van der Waals surface area contributed by atoms with E-state index in [4.69, 9.17) is 4.98 Å². The largest absolute Gasteiger partial charge is 0.345 e. The number of nitrogens with zero attached hydrogens (tertiary/aromatic N) is 3. The van der Waals surface area contributed by atoms with Gasteiger partial charge < -0.3 is 4.90 Å². The number of hydrogen-bond acceptors (Lipinski definition) is 5. The van der Waals surface area contributed by atoms with Crippen LogP contribution in [0.25, 0.3) is 11.3 Å². The maximum absolute atomic E-state index is 12.8. The van der Waals surface area contributed by atoms with Gasteiger partial charge in [-0.25, -0.2) is 13.4 Å². The summed E-state index contributed by atoms with van der Waals surface area (Å²) in [7, 11) is -3.47. The van der Waals surface area contributed by atoms with E-state index in [2.05, 4.69) is 26.2 Å². The predicted molar refractivity (Wildman–Crippen MR) is 113 cm³/mol. The van der Waals surface area contributed by atoms with Crippen molar-refractivity contribution >= 4 is 42.4 Å². The van der Waals surface area contributed by atoms with Gasteiger partial charge in [-0.2, -0.15) is 4.31 Å². The highest BCUT2D eigenvalue weighted by atomic mass is 79.9. The number of anilines is 1. The molecule has 140 valence electrons. The Morgan fingerprint density at radius 1 is 0.963 bits per heavy atom. The highest BCUT2D eigenvalue weighted by Gasteiger charge is 2.29. The van der Waals surface area contributed by atoms with E-state index < -0.39 is 10.0 Å². The number of thiazole rings is 1. The van der Waals surface area contributed by atoms with E-state index in [1.54, 1.807) is 33.8 Å². The van der Waals surface area contributed by atoms with Gasteiger partial charge in [-0.15, -0.1) is 11.3 Å². The first-order valence-corrected chi connectivity index (χ1v) is 11.7. The second kappa shape index (κ2) is 7.71. The lowest BCUT2D eigenvalue weighted by molar-refractivity contribution is 0.385. The van der Waals surface area contributed by atoms with E-state index in [0.29, 0.717) is 31.1 Å². The Bertz CT molecular complexity index is 1030. The minimum Gasteiger partial charge on any atom is -0.345 e. The molecule has 0 unspecified atom stereocenters. The van der Waals surface area contributed by atoms with Crippen LogP contribution in [0, 0.1) is 0 Å². The van der Waals surface area contributed by atoms with Crippen molar-refractivity contribution in [1.82, 2.24) is 9.29 Å². The fourth-order valence-electron chi connectivity index (χ4n) is 3.05. The topological polar surface area (TPSA) is 53.5 Å². The van der Waals surface area contributed by atoms with E-state index in [0.717, 1.165) is 20.9 Å². The molecule has 1 fully saturated rings. The molecule has 5 nitrogen and oxygen atoms in total. The van der Waals surface area contributed by atoms with Crippen LogP contribution in [0.5, 0.6) is 0 Å². The fourth-order valence-corrected chi connectivity index (χ4v) is 5.96. The van der Waals surface area contributed by atoms with Gasteiger partial charge in [0, 0.05) is 41.6 Å². The standard InChI is InChI=1S/C19H18BrN3O2S2/c20-16-7-4-8-17(13-16)27(24,25)23-11-9-22(10-12-23)19-21-18(14-26-19)15-5-2-1-3-6-15/h1-8,13-14H,9-12H2. The Morgan fingerprint density at radius 2 is 1.70 bits per heavy atom. The predicted octanol–water partition coefficient (Wildman–Crippen LogP) is 4.08. The van der Waals surface area contributed by atoms with Gasteiger partial charge in [0.2, 0.25) is 10.0 Å². The third-order valence-corrected chi connectivity index (χ3v) is 7.79. The summed E-state index contributed by atoms with van der Waals surface area (Å²) in [6.07, 6.45) is 0. The van der Waals surface area contributed by atoms with Crippen LogP contribution in [0.3, 0.4) is 0 Å². The average Bonchev–Trinajstić information content (AvgIpc) is 3.19. The minimum atomic E-state index is -3.47. The third-order valence-electron chi connectivity index (χ3n) is 4.50. The Morgan fingerprint density at radius 3 is 2.41 bits per heavy atom. The molecule has 0 saturated carbocycles. The molecule has 0 atom stereocenters. The molecule has 0 bridgehead atoms. The van der Waals surface area contributed by atoms with Crippen LogP contribution >= 0.6 is 27.3 Å². The van der Waals surface area contributed by atoms with Crippen molar-refractivity contribution < 1.29 is 8.42 Å². The molecule has 2 heterocycles. The van der Waals surface area contributed by atoms with Gasteiger partial charge in [-0.05, 0) is 18.2 Å². The highest BCUT2D eigenvalue weighted by molar-refractivity contribution is 9.10. The zero-order valence-electron chi connectivity index (χ0n) is 14.5. The molecule has 0 amide bonds. The summed E-state index contributed by atoms with van der Waals surface area (Å²) < 4.78 is 28.0. The number of halogens is 1. The van der Waals surface area contributed by atoms with Crippen LogP contribution in [0.4, 0.5) is 5.13 Å². The van der Waals surface area contributed by atoms with Crippen LogP contribution < -0.4 is 4.90 Å². The summed E-state index contributed by atoms with van der Waals surface area (Å²) >= 11 is 4.94. The highest BCUT2D eigenvalue weighted by Crippen LogP contribution is 2.29. The lowest BCUT2D eigenvalue weighted by Crippen LogP contribution is -2.48. The van der Waals surface area contributed by atoms with E-state index in [-0.39, 0.29) is 0 Å². The second-order valence-corrected chi connectivity index (χ2v) is 9.92. The average molecular weight is 464 g/mol. The molecule has 4 rings (SSSR count). The molecule has 1 aliphatic heterocycles. The Hall–Kier alpha value is -1.74. The maximum Gasteiger partial charge on any atom is 0.243 e. The van der Waals surface area contributed by atoms with Gasteiger partial charge in [0.1, 0.15) is 0 Å². The van der Waals surface area contributed by atoms with Crippen molar-refractivity contribution in [1.29, 1.82) is 0 Å². The molecule has 1 aromatic heterocycles. The first kappa shape index (κ1) is 18.6. The van der Waals surface area contributed by atoms with E-state index in [9.17, 15) is 8.42 Å². The quantitative estimate of drug-likeness (QED) is 0.584. The molecular formula is C19H18BrN3O2S2. The Kier molecular flexibility index (Phi) is 5.32. The Labute approximate surface area is 171 Å². The summed E-state index contributed by atoms with van der Waals surface area (Å²) in [4.78, 5) is 7.21. The molecule has 3 aromatic rings. The van der Waals surface area contributed by atoms with Crippen LogP contribution in [0.15, 0.2) is 69.3 Å². The SMILES string of the molecule is O=S(=O)(c1cccc(Br)c1)N1CCN(c2nc(-c3ccccc3)cs2)CC1. The van der Waals surface area contributed by atoms with Gasteiger partial charge in [-0.1, -0.05) is 52.3 Å². The molecule has 8 heteroatoms. The molecule has 0 N–H and O–H groups in total. The summed E-state index contributed by atoms with van der Waals surface area (Å²) in [6, 6.07) is 16.9. The number of piperazine rings is 1. The number of benzene rings is 2. The van der Waals surface area contributed by atoms with Gasteiger partial charge in [0.15, 0.2) is 5.13 Å². The summed E-state index contributed by atoms with van der Waals surface area (Å²) in [6.45, 7) is 2.17. The lowest BCUT2D eigenvalue weighted by atomic mass is 10.2. The van der Waals surface area contributed by atoms with E-state index in [1.807, 2.05) is 36.4 Å². The molecule has 0 spiro atoms. The molecular weight excluding hydrogens is 446 g/mol. The zero-order valence-corrected chi connectivity index (χ0v) is 17.7. The van der Waals surface area contributed by atoms with E-state index in [1.165, 1.54) is 0 Å². The zero-order chi connectivity index (χ0) is 18.9. The van der Waals surface area contributed by atoms with Gasteiger partial charge in [0.25, 0.3) is 0 Å². The van der Waals surface area contributed by atoms with Crippen molar-refractivity contribution in [2.45, 2.75) is 4.90 Å². The van der Waals surface area contributed by atoms with Gasteiger partial charge in [0.05, 0.1) is 10.6 Å². The minimum absolute atomic E-state index is 0.325. The smallest absolute Gasteiger partial charge is 0.243 e. The monoisotopic (exact) mass is 463 g/mol. The first-order chi connectivity index (χ1) is 13.0. The van der Waals surface area contributed by atoms with Gasteiger partial charge >= 0.3 is 0 Å². The van der Waals surface area contributed by atoms with Crippen molar-refractivity contribution in [3.63, 3.8) is 0 Å².